The van der Waals surface area contributed by atoms with E-state index in [1.807, 2.05) is 42.3 Å². The highest BCUT2D eigenvalue weighted by molar-refractivity contribution is 5.93. The van der Waals surface area contributed by atoms with E-state index in [1.165, 1.54) is 11.1 Å². The molecule has 27 heavy (non-hydrogen) atoms. The molecule has 1 fully saturated rings. The number of carbonyl (C=O) groups excluding carboxylic acids is 1. The molecule has 138 valence electrons. The van der Waals surface area contributed by atoms with E-state index < -0.39 is 0 Å². The van der Waals surface area contributed by atoms with Gasteiger partial charge in [-0.15, -0.1) is 0 Å². The van der Waals surface area contributed by atoms with Gasteiger partial charge in [0, 0.05) is 19.7 Å². The van der Waals surface area contributed by atoms with E-state index in [4.69, 9.17) is 4.42 Å². The van der Waals surface area contributed by atoms with Crippen molar-refractivity contribution < 1.29 is 9.21 Å². The maximum atomic E-state index is 12.9. The standard InChI is InChI=1S/C22H23N3O2/c1-15-21(27-16(2)24-15)22(26)25-12-6-9-20(25)19-11-10-18(14-23-19)13-17-7-4-3-5-8-17/h3-5,7-8,10-11,14,20H,6,9,12-13H2,1-2H3/t20-/m0/s1. The quantitative estimate of drug-likeness (QED) is 0.697. The zero-order valence-electron chi connectivity index (χ0n) is 15.7. The summed E-state index contributed by atoms with van der Waals surface area (Å²) in [5, 5.41) is 0. The lowest BCUT2D eigenvalue weighted by atomic mass is 10.0. The largest absolute Gasteiger partial charge is 0.436 e. The molecule has 0 aliphatic carbocycles. The smallest absolute Gasteiger partial charge is 0.292 e. The first-order chi connectivity index (χ1) is 13.1. The van der Waals surface area contributed by atoms with Crippen LogP contribution in [-0.2, 0) is 6.42 Å². The number of pyridine rings is 1. The van der Waals surface area contributed by atoms with Gasteiger partial charge in [0.2, 0.25) is 5.76 Å². The van der Waals surface area contributed by atoms with Crippen LogP contribution < -0.4 is 0 Å². The van der Waals surface area contributed by atoms with Gasteiger partial charge < -0.3 is 9.32 Å². The first-order valence-corrected chi connectivity index (χ1v) is 9.35. The van der Waals surface area contributed by atoms with E-state index in [9.17, 15) is 4.79 Å². The Kier molecular flexibility index (Phi) is 4.75. The summed E-state index contributed by atoms with van der Waals surface area (Å²) in [5.74, 6) is 0.779. The molecule has 3 heterocycles. The number of hydrogen-bond donors (Lipinski definition) is 0. The molecule has 3 aromatic rings. The molecule has 0 saturated carbocycles. The normalized spacial score (nSPS) is 16.7. The maximum Gasteiger partial charge on any atom is 0.292 e. The Morgan fingerprint density at radius 2 is 1.96 bits per heavy atom. The fourth-order valence-electron chi connectivity index (χ4n) is 3.75. The van der Waals surface area contributed by atoms with Crippen molar-refractivity contribution in [2.45, 2.75) is 39.2 Å². The van der Waals surface area contributed by atoms with E-state index in [1.54, 1.807) is 6.92 Å². The third-order valence-corrected chi connectivity index (χ3v) is 5.05. The Morgan fingerprint density at radius 3 is 2.63 bits per heavy atom. The highest BCUT2D eigenvalue weighted by Gasteiger charge is 2.34. The van der Waals surface area contributed by atoms with E-state index >= 15 is 0 Å². The van der Waals surface area contributed by atoms with Crippen LogP contribution in [0.4, 0.5) is 0 Å². The van der Waals surface area contributed by atoms with Crippen LogP contribution in [0.2, 0.25) is 0 Å². The molecule has 0 N–H and O–H groups in total. The van der Waals surface area contributed by atoms with Crippen molar-refractivity contribution in [2.24, 2.45) is 0 Å². The van der Waals surface area contributed by atoms with Crippen molar-refractivity contribution in [3.05, 3.63) is 82.8 Å². The maximum absolute atomic E-state index is 12.9. The minimum Gasteiger partial charge on any atom is -0.436 e. The second kappa shape index (κ2) is 7.35. The highest BCUT2D eigenvalue weighted by Crippen LogP contribution is 2.32. The number of benzene rings is 1. The lowest BCUT2D eigenvalue weighted by Crippen LogP contribution is -2.31. The van der Waals surface area contributed by atoms with Gasteiger partial charge in [-0.2, -0.15) is 0 Å². The van der Waals surface area contributed by atoms with E-state index in [0.29, 0.717) is 17.3 Å². The molecule has 2 aromatic heterocycles. The first kappa shape index (κ1) is 17.5. The molecule has 5 nitrogen and oxygen atoms in total. The summed E-state index contributed by atoms with van der Waals surface area (Å²) in [6.07, 6.45) is 4.67. The third kappa shape index (κ3) is 3.63. The Morgan fingerprint density at radius 1 is 1.15 bits per heavy atom. The van der Waals surface area contributed by atoms with Gasteiger partial charge in [0.1, 0.15) is 0 Å². The fraction of sp³-hybridized carbons (Fsp3) is 0.318. The molecule has 1 amide bonds. The van der Waals surface area contributed by atoms with Crippen molar-refractivity contribution >= 4 is 5.91 Å². The number of nitrogens with zero attached hydrogens (tertiary/aromatic N) is 3. The molecule has 0 unspecified atom stereocenters. The van der Waals surface area contributed by atoms with Crippen LogP contribution in [0.1, 0.15) is 57.8 Å². The van der Waals surface area contributed by atoms with Crippen LogP contribution >= 0.6 is 0 Å². The zero-order valence-corrected chi connectivity index (χ0v) is 15.7. The summed E-state index contributed by atoms with van der Waals surface area (Å²) < 4.78 is 5.54. The molecule has 1 aliphatic heterocycles. The highest BCUT2D eigenvalue weighted by atomic mass is 16.4. The number of rotatable bonds is 4. The van der Waals surface area contributed by atoms with Gasteiger partial charge in [-0.05, 0) is 43.4 Å². The number of carbonyl (C=O) groups is 1. The predicted molar refractivity (Wildman–Crippen MR) is 102 cm³/mol. The van der Waals surface area contributed by atoms with E-state index in [2.05, 4.69) is 28.2 Å². The van der Waals surface area contributed by atoms with Gasteiger partial charge in [-0.1, -0.05) is 36.4 Å². The summed E-state index contributed by atoms with van der Waals surface area (Å²) in [5.41, 5.74) is 4.02. The summed E-state index contributed by atoms with van der Waals surface area (Å²) in [6.45, 7) is 4.29. The molecule has 0 radical (unpaired) electrons. The minimum atomic E-state index is -0.0919. The van der Waals surface area contributed by atoms with E-state index in [-0.39, 0.29) is 11.9 Å². The number of aryl methyl sites for hydroxylation is 2. The molecular weight excluding hydrogens is 338 g/mol. The van der Waals surface area contributed by atoms with Crippen molar-refractivity contribution in [3.8, 4) is 0 Å². The molecule has 4 rings (SSSR count). The van der Waals surface area contributed by atoms with Crippen LogP contribution in [0.15, 0.2) is 53.1 Å². The van der Waals surface area contributed by atoms with Crippen molar-refractivity contribution in [1.82, 2.24) is 14.9 Å². The summed E-state index contributed by atoms with van der Waals surface area (Å²) in [6, 6.07) is 14.5. The second-order valence-corrected chi connectivity index (χ2v) is 7.06. The predicted octanol–water partition coefficient (Wildman–Crippen LogP) is 4.25. The molecule has 1 saturated heterocycles. The van der Waals surface area contributed by atoms with Crippen molar-refractivity contribution in [1.29, 1.82) is 0 Å². The fourth-order valence-corrected chi connectivity index (χ4v) is 3.75. The number of hydrogen-bond acceptors (Lipinski definition) is 4. The van der Waals surface area contributed by atoms with Gasteiger partial charge in [-0.3, -0.25) is 9.78 Å². The van der Waals surface area contributed by atoms with Crippen LogP contribution in [0.5, 0.6) is 0 Å². The second-order valence-electron chi connectivity index (χ2n) is 7.06. The first-order valence-electron chi connectivity index (χ1n) is 9.35. The van der Waals surface area contributed by atoms with E-state index in [0.717, 1.165) is 31.5 Å². The molecule has 1 aromatic carbocycles. The Labute approximate surface area is 159 Å². The van der Waals surface area contributed by atoms with Crippen LogP contribution in [0.25, 0.3) is 0 Å². The van der Waals surface area contributed by atoms with Crippen molar-refractivity contribution in [2.75, 3.05) is 6.54 Å². The molecule has 0 bridgehead atoms. The Hall–Kier alpha value is -2.95. The number of aromatic nitrogens is 2. The third-order valence-electron chi connectivity index (χ3n) is 5.05. The zero-order chi connectivity index (χ0) is 18.8. The molecule has 0 spiro atoms. The van der Waals surface area contributed by atoms with Crippen LogP contribution in [-0.4, -0.2) is 27.3 Å². The SMILES string of the molecule is Cc1nc(C)c(C(=O)N2CCC[C@H]2c2ccc(Cc3ccccc3)cn2)o1. The number of likely N-dealkylation sites (tertiary alicyclic amines) is 1. The number of amides is 1. The van der Waals surface area contributed by atoms with Gasteiger partial charge >= 0.3 is 0 Å². The Bertz CT molecular complexity index is 932. The molecule has 1 atom stereocenters. The van der Waals surface area contributed by atoms with Crippen LogP contribution in [0.3, 0.4) is 0 Å². The minimum absolute atomic E-state index is 0.00641. The van der Waals surface area contributed by atoms with Crippen LogP contribution in [0, 0.1) is 13.8 Å². The van der Waals surface area contributed by atoms with Gasteiger partial charge in [-0.25, -0.2) is 4.98 Å². The summed E-state index contributed by atoms with van der Waals surface area (Å²) >= 11 is 0. The Balaban J connectivity index is 1.52. The molecule has 5 heteroatoms. The van der Waals surface area contributed by atoms with Crippen molar-refractivity contribution in [3.63, 3.8) is 0 Å². The van der Waals surface area contributed by atoms with Gasteiger partial charge in [0.15, 0.2) is 5.89 Å². The molecule has 1 aliphatic rings. The average Bonchev–Trinajstić information content (AvgIpc) is 3.29. The summed E-state index contributed by atoms with van der Waals surface area (Å²) in [7, 11) is 0. The lowest BCUT2D eigenvalue weighted by molar-refractivity contribution is 0.0698. The van der Waals surface area contributed by atoms with Gasteiger partial charge in [0.05, 0.1) is 17.4 Å². The summed E-state index contributed by atoms with van der Waals surface area (Å²) in [4.78, 5) is 23.7. The monoisotopic (exact) mass is 361 g/mol. The topological polar surface area (TPSA) is 59.2 Å². The molecular formula is C22H23N3O2. The average molecular weight is 361 g/mol. The number of oxazole rings is 1. The van der Waals surface area contributed by atoms with Gasteiger partial charge in [0.25, 0.3) is 5.91 Å². The lowest BCUT2D eigenvalue weighted by Gasteiger charge is -2.23.